The number of hydrogen-bond acceptors (Lipinski definition) is 5. The molecule has 0 radical (unpaired) electrons. The number of amides is 1. The molecule has 0 saturated carbocycles. The van der Waals surface area contributed by atoms with Crippen LogP contribution in [0.15, 0.2) is 42.5 Å². The number of carbonyl (C=O) groups excluding carboxylic acids is 1. The van der Waals surface area contributed by atoms with E-state index in [9.17, 15) is 4.79 Å². The average Bonchev–Trinajstić information content (AvgIpc) is 3.49. The molecular weight excluding hydrogens is 420 g/mol. The molecule has 1 atom stereocenters. The van der Waals surface area contributed by atoms with Gasteiger partial charge in [-0.2, -0.15) is 5.10 Å². The number of carbonyl (C=O) groups is 1. The summed E-state index contributed by atoms with van der Waals surface area (Å²) in [5.74, 6) is 1.88. The molecule has 0 unspecified atom stereocenters. The topological polar surface area (TPSA) is 101 Å². The van der Waals surface area contributed by atoms with Crippen LogP contribution in [0.3, 0.4) is 0 Å². The highest BCUT2D eigenvalue weighted by atomic mass is 16.5. The van der Waals surface area contributed by atoms with E-state index < -0.39 is 0 Å². The zero-order valence-corrected chi connectivity index (χ0v) is 18.8. The summed E-state index contributed by atoms with van der Waals surface area (Å²) in [5.41, 5.74) is 5.26. The van der Waals surface area contributed by atoms with Crippen LogP contribution in [0.5, 0.6) is 17.2 Å². The van der Waals surface area contributed by atoms with Crippen molar-refractivity contribution < 1.29 is 19.0 Å². The molecule has 2 aromatic heterocycles. The number of hydrogen-bond donors (Lipinski definition) is 3. The summed E-state index contributed by atoms with van der Waals surface area (Å²) in [6, 6.07) is 13.2. The summed E-state index contributed by atoms with van der Waals surface area (Å²) < 4.78 is 16.1. The van der Waals surface area contributed by atoms with Crippen LogP contribution < -0.4 is 19.5 Å². The van der Waals surface area contributed by atoms with Gasteiger partial charge < -0.3 is 24.5 Å². The Morgan fingerprint density at radius 3 is 2.67 bits per heavy atom. The van der Waals surface area contributed by atoms with Gasteiger partial charge in [-0.05, 0) is 67.3 Å². The highest BCUT2D eigenvalue weighted by Gasteiger charge is 2.26. The van der Waals surface area contributed by atoms with Gasteiger partial charge in [-0.25, -0.2) is 0 Å². The molecular formula is C25H26N4O4. The molecule has 0 spiro atoms. The van der Waals surface area contributed by atoms with Crippen molar-refractivity contribution in [3.05, 3.63) is 59.4 Å². The Labute approximate surface area is 191 Å². The number of H-pyrrole nitrogens is 2. The number of aromatic nitrogens is 3. The van der Waals surface area contributed by atoms with Gasteiger partial charge in [0, 0.05) is 22.2 Å². The quantitative estimate of drug-likeness (QED) is 0.408. The predicted molar refractivity (Wildman–Crippen MR) is 125 cm³/mol. The van der Waals surface area contributed by atoms with Crippen molar-refractivity contribution in [2.45, 2.75) is 25.3 Å². The number of aromatic amines is 2. The molecule has 2 heterocycles. The monoisotopic (exact) mass is 446 g/mol. The van der Waals surface area contributed by atoms with Gasteiger partial charge in [0.25, 0.3) is 5.91 Å². The van der Waals surface area contributed by atoms with Gasteiger partial charge in [0.1, 0.15) is 11.4 Å². The largest absolute Gasteiger partial charge is 0.497 e. The maximum Gasteiger partial charge on any atom is 0.269 e. The number of nitrogens with one attached hydrogen (secondary N) is 3. The molecule has 1 amide bonds. The van der Waals surface area contributed by atoms with Crippen LogP contribution in [0.4, 0.5) is 0 Å². The van der Waals surface area contributed by atoms with Crippen LogP contribution in [-0.4, -0.2) is 42.4 Å². The van der Waals surface area contributed by atoms with Gasteiger partial charge in [-0.15, -0.1) is 0 Å². The third-order valence-corrected chi connectivity index (χ3v) is 6.22. The Morgan fingerprint density at radius 2 is 1.88 bits per heavy atom. The second kappa shape index (κ2) is 8.54. The fourth-order valence-electron chi connectivity index (χ4n) is 4.53. The van der Waals surface area contributed by atoms with E-state index in [2.05, 4.69) is 26.6 Å². The second-order valence-electron chi connectivity index (χ2n) is 8.08. The lowest BCUT2D eigenvalue weighted by atomic mass is 9.91. The Bertz CT molecular complexity index is 1320. The van der Waals surface area contributed by atoms with E-state index in [-0.39, 0.29) is 11.9 Å². The van der Waals surface area contributed by atoms with E-state index >= 15 is 0 Å². The Morgan fingerprint density at radius 1 is 1.03 bits per heavy atom. The van der Waals surface area contributed by atoms with Crippen LogP contribution in [0.1, 0.15) is 40.6 Å². The minimum Gasteiger partial charge on any atom is -0.497 e. The Kier molecular flexibility index (Phi) is 5.42. The number of rotatable bonds is 6. The number of nitrogens with zero attached hydrogens (tertiary/aromatic N) is 1. The normalized spacial score (nSPS) is 15.2. The molecule has 8 nitrogen and oxygen atoms in total. The van der Waals surface area contributed by atoms with E-state index in [1.165, 1.54) is 5.56 Å². The molecule has 8 heteroatoms. The maximum atomic E-state index is 13.0. The smallest absolute Gasteiger partial charge is 0.269 e. The number of aryl methyl sites for hydroxylation is 1. The minimum atomic E-state index is -0.191. The molecule has 1 aliphatic carbocycles. The van der Waals surface area contributed by atoms with Crippen molar-refractivity contribution in [3.63, 3.8) is 0 Å². The van der Waals surface area contributed by atoms with E-state index in [4.69, 9.17) is 14.2 Å². The SMILES string of the molecule is COc1ccc2[nH]c3c(c2c1)CCC[C@@H]3NC(=O)c1cc(-c2ccc(OC)c(OC)c2)n[nH]1. The summed E-state index contributed by atoms with van der Waals surface area (Å²) in [4.78, 5) is 16.6. The van der Waals surface area contributed by atoms with Crippen LogP contribution >= 0.6 is 0 Å². The number of benzene rings is 2. The lowest BCUT2D eigenvalue weighted by Crippen LogP contribution is -2.31. The van der Waals surface area contributed by atoms with Gasteiger partial charge in [0.2, 0.25) is 0 Å². The van der Waals surface area contributed by atoms with Crippen LogP contribution in [-0.2, 0) is 6.42 Å². The zero-order chi connectivity index (χ0) is 22.9. The fourth-order valence-corrected chi connectivity index (χ4v) is 4.53. The molecule has 1 aliphatic rings. The van der Waals surface area contributed by atoms with Crippen LogP contribution in [0.2, 0.25) is 0 Å². The standard InChI is InChI=1S/C25H26N4O4/c1-31-15-8-9-18-17(12-15)16-5-4-6-19(24(16)26-18)27-25(30)21-13-20(28-29-21)14-7-10-22(32-2)23(11-14)33-3/h7-13,19,26H,4-6H2,1-3H3,(H,27,30)(H,28,29)/t19-/m0/s1. The molecule has 170 valence electrons. The third kappa shape index (κ3) is 3.77. The van der Waals surface area contributed by atoms with Crippen molar-refractivity contribution in [2.24, 2.45) is 0 Å². The van der Waals surface area contributed by atoms with Crippen LogP contribution in [0.25, 0.3) is 22.2 Å². The third-order valence-electron chi connectivity index (χ3n) is 6.22. The van der Waals surface area contributed by atoms with Gasteiger partial charge >= 0.3 is 0 Å². The number of methoxy groups -OCH3 is 3. The first-order chi connectivity index (χ1) is 16.1. The molecule has 3 N–H and O–H groups in total. The van der Waals surface area contributed by atoms with Crippen molar-refractivity contribution in [1.29, 1.82) is 0 Å². The average molecular weight is 447 g/mol. The van der Waals surface area contributed by atoms with E-state index in [1.807, 2.05) is 30.3 Å². The van der Waals surface area contributed by atoms with E-state index in [1.54, 1.807) is 27.4 Å². The maximum absolute atomic E-state index is 13.0. The lowest BCUT2D eigenvalue weighted by molar-refractivity contribution is 0.0927. The van der Waals surface area contributed by atoms with Crippen molar-refractivity contribution in [1.82, 2.24) is 20.5 Å². The molecule has 33 heavy (non-hydrogen) atoms. The predicted octanol–water partition coefficient (Wildman–Crippen LogP) is 4.39. The van der Waals surface area contributed by atoms with E-state index in [0.29, 0.717) is 22.9 Å². The first-order valence-corrected chi connectivity index (χ1v) is 10.9. The van der Waals surface area contributed by atoms with Crippen molar-refractivity contribution >= 4 is 16.8 Å². The first kappa shape index (κ1) is 20.9. The first-order valence-electron chi connectivity index (χ1n) is 10.9. The molecule has 0 saturated heterocycles. The molecule has 4 aromatic rings. The summed E-state index contributed by atoms with van der Waals surface area (Å²) >= 11 is 0. The summed E-state index contributed by atoms with van der Waals surface area (Å²) in [5, 5.41) is 11.5. The lowest BCUT2D eigenvalue weighted by Gasteiger charge is -2.23. The zero-order valence-electron chi connectivity index (χ0n) is 18.8. The molecule has 0 aliphatic heterocycles. The fraction of sp³-hybridized carbons (Fsp3) is 0.280. The van der Waals surface area contributed by atoms with Gasteiger partial charge in [0.05, 0.1) is 33.1 Å². The van der Waals surface area contributed by atoms with Crippen molar-refractivity contribution in [3.8, 4) is 28.5 Å². The van der Waals surface area contributed by atoms with E-state index in [0.717, 1.165) is 47.2 Å². The van der Waals surface area contributed by atoms with Crippen LogP contribution in [0, 0.1) is 0 Å². The highest BCUT2D eigenvalue weighted by molar-refractivity contribution is 5.94. The summed E-state index contributed by atoms with van der Waals surface area (Å²) in [7, 11) is 4.85. The molecule has 5 rings (SSSR count). The Hall–Kier alpha value is -3.94. The summed E-state index contributed by atoms with van der Waals surface area (Å²) in [6.07, 6.45) is 2.85. The van der Waals surface area contributed by atoms with Crippen molar-refractivity contribution in [2.75, 3.05) is 21.3 Å². The molecule has 2 aromatic carbocycles. The van der Waals surface area contributed by atoms with Gasteiger partial charge in [-0.3, -0.25) is 9.89 Å². The molecule has 0 bridgehead atoms. The Balaban J connectivity index is 1.38. The molecule has 0 fully saturated rings. The number of fused-ring (bicyclic) bond motifs is 3. The minimum absolute atomic E-state index is 0.0903. The second-order valence-corrected chi connectivity index (χ2v) is 8.08. The highest BCUT2D eigenvalue weighted by Crippen LogP contribution is 2.36. The number of ether oxygens (including phenoxy) is 3. The summed E-state index contributed by atoms with van der Waals surface area (Å²) in [6.45, 7) is 0. The van der Waals surface area contributed by atoms with Gasteiger partial charge in [-0.1, -0.05) is 0 Å². The van der Waals surface area contributed by atoms with Gasteiger partial charge in [0.15, 0.2) is 11.5 Å².